The van der Waals surface area contributed by atoms with Crippen LogP contribution in [-0.2, 0) is 13.0 Å². The van der Waals surface area contributed by atoms with E-state index in [1.54, 1.807) is 0 Å². The van der Waals surface area contributed by atoms with Crippen molar-refractivity contribution in [2.45, 2.75) is 59.5 Å². The van der Waals surface area contributed by atoms with Gasteiger partial charge in [0, 0.05) is 6.54 Å². The highest BCUT2D eigenvalue weighted by atomic mass is 15.3. The molecule has 0 saturated carbocycles. The van der Waals surface area contributed by atoms with Gasteiger partial charge < -0.3 is 0 Å². The SMILES string of the molecule is CCc1cc(C(CC(C)CC)NN)n(CC)n1. The van der Waals surface area contributed by atoms with Gasteiger partial charge in [-0.1, -0.05) is 27.2 Å². The fourth-order valence-electron chi connectivity index (χ4n) is 2.04. The van der Waals surface area contributed by atoms with Crippen LogP contribution in [0.5, 0.6) is 0 Å². The molecule has 1 rings (SSSR count). The molecule has 4 nitrogen and oxygen atoms in total. The van der Waals surface area contributed by atoms with Crippen LogP contribution in [0.15, 0.2) is 6.07 Å². The van der Waals surface area contributed by atoms with Crippen molar-refractivity contribution in [3.05, 3.63) is 17.5 Å². The van der Waals surface area contributed by atoms with E-state index in [-0.39, 0.29) is 6.04 Å². The molecule has 4 heteroatoms. The van der Waals surface area contributed by atoms with Gasteiger partial charge in [-0.2, -0.15) is 5.10 Å². The second kappa shape index (κ2) is 6.77. The minimum absolute atomic E-state index is 0.206. The van der Waals surface area contributed by atoms with Gasteiger partial charge in [0.2, 0.25) is 0 Å². The van der Waals surface area contributed by atoms with Crippen LogP contribution in [0.4, 0.5) is 0 Å². The third-order valence-corrected chi connectivity index (χ3v) is 3.42. The molecular weight excluding hydrogens is 212 g/mol. The molecule has 0 saturated heterocycles. The van der Waals surface area contributed by atoms with E-state index in [0.717, 1.165) is 25.1 Å². The molecule has 0 bridgehead atoms. The summed E-state index contributed by atoms with van der Waals surface area (Å²) in [6.07, 6.45) is 3.21. The predicted molar refractivity (Wildman–Crippen MR) is 71.4 cm³/mol. The minimum Gasteiger partial charge on any atom is -0.271 e. The molecule has 1 aromatic heterocycles. The molecule has 0 aliphatic carbocycles. The summed E-state index contributed by atoms with van der Waals surface area (Å²) < 4.78 is 2.06. The van der Waals surface area contributed by atoms with Crippen molar-refractivity contribution in [1.29, 1.82) is 0 Å². The molecule has 1 aromatic rings. The maximum absolute atomic E-state index is 5.69. The molecule has 0 aromatic carbocycles. The summed E-state index contributed by atoms with van der Waals surface area (Å²) in [6.45, 7) is 9.62. The quantitative estimate of drug-likeness (QED) is 0.566. The van der Waals surface area contributed by atoms with Crippen molar-refractivity contribution in [2.24, 2.45) is 11.8 Å². The normalized spacial score (nSPS) is 14.9. The number of nitrogens with one attached hydrogen (secondary N) is 1. The standard InChI is InChI=1S/C13H26N4/c1-5-10(4)8-12(15-14)13-9-11(6-2)16-17(13)7-3/h9-10,12,15H,5-8,14H2,1-4H3. The van der Waals surface area contributed by atoms with Gasteiger partial charge in [0.05, 0.1) is 17.4 Å². The smallest absolute Gasteiger partial charge is 0.0631 e. The summed E-state index contributed by atoms with van der Waals surface area (Å²) in [6, 6.07) is 2.38. The lowest BCUT2D eigenvalue weighted by molar-refractivity contribution is 0.386. The average Bonchev–Trinajstić information content (AvgIpc) is 2.78. The Labute approximate surface area is 105 Å². The number of hydrogen-bond acceptors (Lipinski definition) is 3. The van der Waals surface area contributed by atoms with E-state index in [1.165, 1.54) is 12.1 Å². The van der Waals surface area contributed by atoms with Crippen LogP contribution >= 0.6 is 0 Å². The summed E-state index contributed by atoms with van der Waals surface area (Å²) in [4.78, 5) is 0. The van der Waals surface area contributed by atoms with Gasteiger partial charge in [-0.05, 0) is 31.7 Å². The van der Waals surface area contributed by atoms with Crippen molar-refractivity contribution in [1.82, 2.24) is 15.2 Å². The molecule has 0 radical (unpaired) electrons. The van der Waals surface area contributed by atoms with E-state index in [4.69, 9.17) is 5.84 Å². The molecule has 0 amide bonds. The predicted octanol–water partition coefficient (Wildman–Crippen LogP) is 2.41. The first kappa shape index (κ1) is 14.2. The molecule has 0 spiro atoms. The van der Waals surface area contributed by atoms with Gasteiger partial charge in [-0.25, -0.2) is 0 Å². The maximum atomic E-state index is 5.69. The van der Waals surface area contributed by atoms with Gasteiger partial charge in [0.15, 0.2) is 0 Å². The van der Waals surface area contributed by atoms with E-state index in [9.17, 15) is 0 Å². The average molecular weight is 238 g/mol. The first-order valence-corrected chi connectivity index (χ1v) is 6.68. The summed E-state index contributed by atoms with van der Waals surface area (Å²) >= 11 is 0. The number of aromatic nitrogens is 2. The fourth-order valence-corrected chi connectivity index (χ4v) is 2.04. The van der Waals surface area contributed by atoms with Gasteiger partial charge >= 0.3 is 0 Å². The molecule has 0 aliphatic rings. The lowest BCUT2D eigenvalue weighted by Crippen LogP contribution is -2.31. The van der Waals surface area contributed by atoms with E-state index in [0.29, 0.717) is 5.92 Å². The number of nitrogens with two attached hydrogens (primary N) is 1. The van der Waals surface area contributed by atoms with Crippen LogP contribution in [0.3, 0.4) is 0 Å². The van der Waals surface area contributed by atoms with Crippen LogP contribution in [0.2, 0.25) is 0 Å². The van der Waals surface area contributed by atoms with Crippen LogP contribution < -0.4 is 11.3 Å². The fraction of sp³-hybridized carbons (Fsp3) is 0.769. The summed E-state index contributed by atoms with van der Waals surface area (Å²) in [5.74, 6) is 6.36. The lowest BCUT2D eigenvalue weighted by atomic mass is 9.97. The lowest BCUT2D eigenvalue weighted by Gasteiger charge is -2.20. The van der Waals surface area contributed by atoms with Crippen molar-refractivity contribution < 1.29 is 0 Å². The zero-order chi connectivity index (χ0) is 12.8. The van der Waals surface area contributed by atoms with Crippen molar-refractivity contribution in [3.8, 4) is 0 Å². The highest BCUT2D eigenvalue weighted by Gasteiger charge is 2.18. The Morgan fingerprint density at radius 3 is 2.59 bits per heavy atom. The number of aryl methyl sites for hydroxylation is 2. The molecule has 1 heterocycles. The van der Waals surface area contributed by atoms with E-state index < -0.39 is 0 Å². The van der Waals surface area contributed by atoms with E-state index in [1.807, 2.05) is 0 Å². The van der Waals surface area contributed by atoms with Crippen LogP contribution in [-0.4, -0.2) is 9.78 Å². The molecule has 98 valence electrons. The first-order chi connectivity index (χ1) is 8.15. The number of hydrogen-bond donors (Lipinski definition) is 2. The van der Waals surface area contributed by atoms with Crippen molar-refractivity contribution >= 4 is 0 Å². The van der Waals surface area contributed by atoms with Gasteiger partial charge in [0.25, 0.3) is 0 Å². The van der Waals surface area contributed by atoms with Gasteiger partial charge in [-0.3, -0.25) is 16.0 Å². The zero-order valence-corrected chi connectivity index (χ0v) is 11.5. The number of nitrogens with zero attached hydrogens (tertiary/aromatic N) is 2. The third kappa shape index (κ3) is 3.54. The Bertz CT molecular complexity index is 332. The monoisotopic (exact) mass is 238 g/mol. The molecule has 0 fully saturated rings. The van der Waals surface area contributed by atoms with Crippen molar-refractivity contribution in [3.63, 3.8) is 0 Å². The van der Waals surface area contributed by atoms with Crippen LogP contribution in [0.25, 0.3) is 0 Å². The van der Waals surface area contributed by atoms with Crippen molar-refractivity contribution in [2.75, 3.05) is 0 Å². The zero-order valence-electron chi connectivity index (χ0n) is 11.5. The molecule has 3 N–H and O–H groups in total. The van der Waals surface area contributed by atoms with Crippen LogP contribution in [0, 0.1) is 5.92 Å². The second-order valence-corrected chi connectivity index (χ2v) is 4.70. The molecular formula is C13H26N4. The minimum atomic E-state index is 0.206. The van der Waals surface area contributed by atoms with E-state index in [2.05, 4.69) is 49.0 Å². The molecule has 17 heavy (non-hydrogen) atoms. The summed E-state index contributed by atoms with van der Waals surface area (Å²) in [5.41, 5.74) is 5.29. The Morgan fingerprint density at radius 1 is 1.41 bits per heavy atom. The number of rotatable bonds is 7. The Balaban J connectivity index is 2.89. The topological polar surface area (TPSA) is 55.9 Å². The maximum Gasteiger partial charge on any atom is 0.0631 e. The Hall–Kier alpha value is -0.870. The summed E-state index contributed by atoms with van der Waals surface area (Å²) in [5, 5.41) is 4.57. The Kier molecular flexibility index (Phi) is 5.65. The van der Waals surface area contributed by atoms with Crippen LogP contribution in [0.1, 0.15) is 58.0 Å². The first-order valence-electron chi connectivity index (χ1n) is 6.68. The largest absolute Gasteiger partial charge is 0.271 e. The highest BCUT2D eigenvalue weighted by molar-refractivity contribution is 5.14. The third-order valence-electron chi connectivity index (χ3n) is 3.42. The van der Waals surface area contributed by atoms with Gasteiger partial charge in [0.1, 0.15) is 0 Å². The van der Waals surface area contributed by atoms with Gasteiger partial charge in [-0.15, -0.1) is 0 Å². The Morgan fingerprint density at radius 2 is 2.12 bits per heavy atom. The summed E-state index contributed by atoms with van der Waals surface area (Å²) in [7, 11) is 0. The molecule has 2 unspecified atom stereocenters. The van der Waals surface area contributed by atoms with E-state index >= 15 is 0 Å². The molecule has 2 atom stereocenters. The molecule has 0 aliphatic heterocycles. The highest BCUT2D eigenvalue weighted by Crippen LogP contribution is 2.23. The second-order valence-electron chi connectivity index (χ2n) is 4.70. The number of hydrazine groups is 1.